The fourth-order valence-electron chi connectivity index (χ4n) is 5.27. The second kappa shape index (κ2) is 10.6. The number of ether oxygens (including phenoxy) is 1. The van der Waals surface area contributed by atoms with Crippen LogP contribution in [0.15, 0.2) is 36.9 Å². The fourth-order valence-corrected chi connectivity index (χ4v) is 6.03. The van der Waals surface area contributed by atoms with Crippen LogP contribution in [0.4, 0.5) is 5.82 Å². The van der Waals surface area contributed by atoms with E-state index >= 15 is 0 Å². The lowest BCUT2D eigenvalue weighted by molar-refractivity contribution is -0.120. The zero-order chi connectivity index (χ0) is 26.9. The normalized spacial score (nSPS) is 17.2. The highest BCUT2D eigenvalue weighted by Crippen LogP contribution is 2.40. The van der Waals surface area contributed by atoms with Crippen LogP contribution in [-0.2, 0) is 21.1 Å². The number of hydrogen-bond donors (Lipinski definition) is 0. The lowest BCUT2D eigenvalue weighted by atomic mass is 9.96. The van der Waals surface area contributed by atoms with Crippen LogP contribution in [0.1, 0.15) is 38.1 Å². The van der Waals surface area contributed by atoms with E-state index in [0.29, 0.717) is 42.6 Å². The third-order valence-corrected chi connectivity index (χ3v) is 9.06. The van der Waals surface area contributed by atoms with Crippen LogP contribution in [0, 0.1) is 17.2 Å². The second-order valence-electron chi connectivity index (χ2n) is 11.3. The molecule has 2 aliphatic rings. The van der Waals surface area contributed by atoms with Crippen LogP contribution in [0.25, 0.3) is 22.3 Å². The van der Waals surface area contributed by atoms with Gasteiger partial charge in [0.1, 0.15) is 18.7 Å². The number of anilines is 1. The van der Waals surface area contributed by atoms with Crippen molar-refractivity contribution in [3.05, 3.63) is 36.9 Å². The van der Waals surface area contributed by atoms with Gasteiger partial charge in [0.2, 0.25) is 0 Å². The first-order valence-electron chi connectivity index (χ1n) is 13.2. The minimum atomic E-state index is -1.19. The highest BCUT2D eigenvalue weighted by Gasteiger charge is 2.34. The number of imide groups is 1. The van der Waals surface area contributed by atoms with Crippen molar-refractivity contribution in [3.8, 4) is 17.3 Å². The molecule has 0 unspecified atom stereocenters. The molecule has 0 saturated heterocycles. The first kappa shape index (κ1) is 26.0. The van der Waals surface area contributed by atoms with Crippen molar-refractivity contribution >= 4 is 36.7 Å². The summed E-state index contributed by atoms with van der Waals surface area (Å²) in [4.78, 5) is 35.5. The predicted octanol–water partition coefficient (Wildman–Crippen LogP) is 4.68. The minimum Gasteiger partial charge on any atom is -0.361 e. The van der Waals surface area contributed by atoms with Gasteiger partial charge >= 0.3 is 0 Å². The number of aromatic nitrogens is 5. The minimum absolute atomic E-state index is 0.141. The van der Waals surface area contributed by atoms with Crippen LogP contribution in [0.3, 0.4) is 0 Å². The van der Waals surface area contributed by atoms with Crippen molar-refractivity contribution in [2.75, 3.05) is 11.5 Å². The summed E-state index contributed by atoms with van der Waals surface area (Å²) in [6.07, 6.45) is 12.3. The number of fused-ring (bicyclic) bond motifs is 1. The number of nitriles is 1. The van der Waals surface area contributed by atoms with E-state index in [9.17, 15) is 14.9 Å². The molecule has 0 bridgehead atoms. The number of amides is 2. The van der Waals surface area contributed by atoms with Gasteiger partial charge in [-0.15, -0.1) is 0 Å². The molecule has 0 radical (unpaired) electrons. The lowest BCUT2D eigenvalue weighted by Gasteiger charge is -2.21. The van der Waals surface area contributed by atoms with E-state index in [2.05, 4.69) is 35.7 Å². The van der Waals surface area contributed by atoms with E-state index in [1.807, 2.05) is 23.0 Å². The first-order chi connectivity index (χ1) is 18.3. The Balaban J connectivity index is 1.54. The summed E-state index contributed by atoms with van der Waals surface area (Å²) < 4.78 is 9.65. The van der Waals surface area contributed by atoms with Crippen LogP contribution < -0.4 is 4.90 Å². The molecule has 10 nitrogen and oxygen atoms in total. The van der Waals surface area contributed by atoms with Gasteiger partial charge in [0.15, 0.2) is 5.82 Å². The molecule has 38 heavy (non-hydrogen) atoms. The Bertz CT molecular complexity index is 1400. The molecule has 4 heterocycles. The molecule has 3 aromatic rings. The van der Waals surface area contributed by atoms with Crippen molar-refractivity contribution in [1.29, 1.82) is 5.26 Å². The predicted molar refractivity (Wildman–Crippen MR) is 146 cm³/mol. The highest BCUT2D eigenvalue weighted by molar-refractivity contribution is 6.76. The highest BCUT2D eigenvalue weighted by atomic mass is 28.3. The maximum absolute atomic E-state index is 12.7. The van der Waals surface area contributed by atoms with E-state index in [4.69, 9.17) is 9.84 Å². The largest absolute Gasteiger partial charge is 0.361 e. The standard InChI is InChI=1S/C27H33N7O3Si/c1-38(2,3)15-14-37-18-32-13-11-20-25(29-17-30-26(20)32)21-16-33(22(10-12-28)19-6-4-5-7-19)31-27(21)34-23(35)8-9-24(34)36/h8-9,11,13,16-17,19,22H,4-7,10,14-15,18H2,1-3H3/t22-/m1/s1. The summed E-state index contributed by atoms with van der Waals surface area (Å²) in [5, 5.41) is 15.1. The van der Waals surface area contributed by atoms with Gasteiger partial charge in [0.05, 0.1) is 29.8 Å². The number of rotatable bonds is 10. The number of carbonyl (C=O) groups is 2. The molecular weight excluding hydrogens is 498 g/mol. The maximum Gasteiger partial charge on any atom is 0.259 e. The quantitative estimate of drug-likeness (QED) is 0.212. The average Bonchev–Trinajstić information content (AvgIpc) is 3.67. The number of hydrogen-bond acceptors (Lipinski definition) is 7. The first-order valence-corrected chi connectivity index (χ1v) is 16.9. The summed E-state index contributed by atoms with van der Waals surface area (Å²) in [6.45, 7) is 8.02. The molecule has 0 N–H and O–H groups in total. The molecule has 1 aliphatic carbocycles. The molecule has 5 rings (SSSR count). The summed E-state index contributed by atoms with van der Waals surface area (Å²) >= 11 is 0. The summed E-state index contributed by atoms with van der Waals surface area (Å²) in [7, 11) is -1.19. The van der Waals surface area contributed by atoms with Crippen LogP contribution >= 0.6 is 0 Å². The molecule has 1 atom stereocenters. The van der Waals surface area contributed by atoms with Crippen LogP contribution in [0.5, 0.6) is 0 Å². The zero-order valence-electron chi connectivity index (χ0n) is 22.1. The Hall–Kier alpha value is -3.62. The molecule has 1 fully saturated rings. The molecule has 1 saturated carbocycles. The van der Waals surface area contributed by atoms with Gasteiger partial charge in [-0.05, 0) is 30.9 Å². The van der Waals surface area contributed by atoms with Gasteiger partial charge in [-0.2, -0.15) is 10.4 Å². The fraction of sp³-hybridized carbons (Fsp3) is 0.481. The molecular formula is C27H33N7O3Si. The van der Waals surface area contributed by atoms with Gasteiger partial charge in [-0.3, -0.25) is 14.3 Å². The van der Waals surface area contributed by atoms with Crippen LogP contribution in [-0.4, -0.2) is 50.8 Å². The van der Waals surface area contributed by atoms with E-state index in [0.717, 1.165) is 42.0 Å². The number of carbonyl (C=O) groups excluding carboxylic acids is 2. The Morgan fingerprint density at radius 2 is 1.89 bits per heavy atom. The zero-order valence-corrected chi connectivity index (χ0v) is 23.1. The Morgan fingerprint density at radius 3 is 2.58 bits per heavy atom. The van der Waals surface area contributed by atoms with Crippen molar-refractivity contribution in [2.24, 2.45) is 5.92 Å². The molecule has 0 spiro atoms. The second-order valence-corrected chi connectivity index (χ2v) is 16.9. The SMILES string of the molecule is C[Si](C)(C)CCOCn1ccc2c(-c3cn([C@H](CC#N)C4CCCC4)nc3N3C(=O)C=CC3=O)ncnc21. The van der Waals surface area contributed by atoms with E-state index in [1.54, 1.807) is 4.68 Å². The summed E-state index contributed by atoms with van der Waals surface area (Å²) in [5.41, 5.74) is 1.83. The van der Waals surface area contributed by atoms with E-state index in [-0.39, 0.29) is 11.9 Å². The van der Waals surface area contributed by atoms with E-state index in [1.165, 1.54) is 18.5 Å². The Labute approximate surface area is 222 Å². The molecule has 2 amide bonds. The molecule has 1 aliphatic heterocycles. The van der Waals surface area contributed by atoms with E-state index < -0.39 is 19.9 Å². The monoisotopic (exact) mass is 531 g/mol. The molecule has 11 heteroatoms. The maximum atomic E-state index is 12.7. The van der Waals surface area contributed by atoms with Crippen molar-refractivity contribution < 1.29 is 14.3 Å². The molecule has 3 aromatic heterocycles. The third-order valence-electron chi connectivity index (χ3n) is 7.36. The van der Waals surface area contributed by atoms with Crippen molar-refractivity contribution in [3.63, 3.8) is 0 Å². The smallest absolute Gasteiger partial charge is 0.259 e. The third kappa shape index (κ3) is 5.19. The van der Waals surface area contributed by atoms with Gasteiger partial charge in [-0.1, -0.05) is 32.5 Å². The number of nitrogens with zero attached hydrogens (tertiary/aromatic N) is 7. The molecule has 0 aromatic carbocycles. The Morgan fingerprint density at radius 1 is 1.16 bits per heavy atom. The average molecular weight is 532 g/mol. The van der Waals surface area contributed by atoms with Gasteiger partial charge in [0, 0.05) is 44.6 Å². The van der Waals surface area contributed by atoms with Crippen LogP contribution in [0.2, 0.25) is 25.7 Å². The lowest BCUT2D eigenvalue weighted by Crippen LogP contribution is -2.31. The molecule has 198 valence electrons. The van der Waals surface area contributed by atoms with Gasteiger partial charge < -0.3 is 9.30 Å². The Kier molecular flexibility index (Phi) is 7.27. The van der Waals surface area contributed by atoms with Gasteiger partial charge in [-0.25, -0.2) is 14.9 Å². The van der Waals surface area contributed by atoms with Crippen molar-refractivity contribution in [1.82, 2.24) is 24.3 Å². The summed E-state index contributed by atoms with van der Waals surface area (Å²) in [6, 6.07) is 5.16. The van der Waals surface area contributed by atoms with Crippen molar-refractivity contribution in [2.45, 2.75) is 70.6 Å². The summed E-state index contributed by atoms with van der Waals surface area (Å²) in [5.74, 6) is -0.348. The van der Waals surface area contributed by atoms with Gasteiger partial charge in [0.25, 0.3) is 11.8 Å². The topological polar surface area (TPSA) is 119 Å².